The summed E-state index contributed by atoms with van der Waals surface area (Å²) in [5.41, 5.74) is 1.68. The molecule has 2 aliphatic carbocycles. The van der Waals surface area contributed by atoms with Gasteiger partial charge in [-0.05, 0) is 37.5 Å². The molecule has 68 valence electrons. The monoisotopic (exact) mass is 166 g/mol. The van der Waals surface area contributed by atoms with E-state index in [4.69, 9.17) is 0 Å². The Balaban J connectivity index is 2.26. The van der Waals surface area contributed by atoms with Crippen LogP contribution in [0.5, 0.6) is 0 Å². The molecule has 0 bridgehead atoms. The topological polar surface area (TPSA) is 20.2 Å². The molecule has 2 rings (SSSR count). The Morgan fingerprint density at radius 1 is 1.50 bits per heavy atom. The molecule has 2 aliphatic rings. The molecule has 1 nitrogen and oxygen atoms in total. The van der Waals surface area contributed by atoms with E-state index >= 15 is 0 Å². The van der Waals surface area contributed by atoms with Crippen LogP contribution >= 0.6 is 0 Å². The van der Waals surface area contributed by atoms with Crippen molar-refractivity contribution in [1.82, 2.24) is 0 Å². The van der Waals surface area contributed by atoms with Crippen molar-refractivity contribution >= 4 is 0 Å². The zero-order chi connectivity index (χ0) is 8.77. The van der Waals surface area contributed by atoms with E-state index in [2.05, 4.69) is 13.5 Å². The number of fused-ring (bicyclic) bond motifs is 1. The molecule has 12 heavy (non-hydrogen) atoms. The smallest absolute Gasteiger partial charge is 0.0610 e. The summed E-state index contributed by atoms with van der Waals surface area (Å²) in [4.78, 5) is 0. The molecule has 0 aromatic carbocycles. The first-order valence-corrected chi connectivity index (χ1v) is 4.99. The second-order valence-electron chi connectivity index (χ2n) is 4.75. The lowest BCUT2D eigenvalue weighted by molar-refractivity contribution is 0.0893. The molecule has 0 radical (unpaired) electrons. The Morgan fingerprint density at radius 3 is 2.92 bits per heavy atom. The van der Waals surface area contributed by atoms with E-state index in [0.29, 0.717) is 11.3 Å². The fourth-order valence-electron chi connectivity index (χ4n) is 3.18. The molecule has 0 spiro atoms. The molecule has 0 amide bonds. The minimum Gasteiger partial charge on any atom is -0.392 e. The Hall–Kier alpha value is -0.300. The zero-order valence-corrected chi connectivity index (χ0v) is 7.84. The molecule has 2 fully saturated rings. The van der Waals surface area contributed by atoms with Gasteiger partial charge >= 0.3 is 0 Å². The Morgan fingerprint density at radius 2 is 2.25 bits per heavy atom. The fourth-order valence-corrected chi connectivity index (χ4v) is 3.18. The van der Waals surface area contributed by atoms with Crippen molar-refractivity contribution in [3.05, 3.63) is 12.2 Å². The lowest BCUT2D eigenvalue weighted by atomic mass is 9.67. The lowest BCUT2D eigenvalue weighted by Crippen LogP contribution is -2.32. The fraction of sp³-hybridized carbons (Fsp3) is 0.818. The molecular formula is C11H18O. The predicted molar refractivity (Wildman–Crippen MR) is 49.8 cm³/mol. The summed E-state index contributed by atoms with van der Waals surface area (Å²) in [7, 11) is 0. The normalized spacial score (nSPS) is 47.7. The van der Waals surface area contributed by atoms with Gasteiger partial charge in [-0.1, -0.05) is 19.1 Å². The quantitative estimate of drug-likeness (QED) is 0.548. The van der Waals surface area contributed by atoms with Crippen LogP contribution in [-0.4, -0.2) is 11.2 Å². The maximum atomic E-state index is 9.80. The van der Waals surface area contributed by atoms with Gasteiger partial charge in [0.25, 0.3) is 0 Å². The van der Waals surface area contributed by atoms with Crippen LogP contribution in [0.3, 0.4) is 0 Å². The van der Waals surface area contributed by atoms with Gasteiger partial charge in [0.15, 0.2) is 0 Å². The Labute approximate surface area is 74.5 Å². The zero-order valence-electron chi connectivity index (χ0n) is 7.84. The maximum absolute atomic E-state index is 9.80. The molecule has 0 unspecified atom stereocenters. The van der Waals surface area contributed by atoms with Crippen molar-refractivity contribution in [3.8, 4) is 0 Å². The molecule has 1 N–H and O–H groups in total. The molecule has 0 aliphatic heterocycles. The highest BCUT2D eigenvalue weighted by Crippen LogP contribution is 2.53. The third kappa shape index (κ3) is 1.03. The average molecular weight is 166 g/mol. The maximum Gasteiger partial charge on any atom is 0.0610 e. The second-order valence-corrected chi connectivity index (χ2v) is 4.75. The number of rotatable bonds is 0. The summed E-state index contributed by atoms with van der Waals surface area (Å²) in [6, 6.07) is 0. The van der Waals surface area contributed by atoms with Gasteiger partial charge in [0, 0.05) is 5.92 Å². The van der Waals surface area contributed by atoms with Crippen LogP contribution in [0.1, 0.15) is 39.0 Å². The van der Waals surface area contributed by atoms with Gasteiger partial charge in [0.2, 0.25) is 0 Å². The highest BCUT2D eigenvalue weighted by Gasteiger charge is 2.46. The number of aliphatic hydroxyl groups excluding tert-OH is 1. The van der Waals surface area contributed by atoms with Gasteiger partial charge in [-0.2, -0.15) is 0 Å². The molecule has 0 aromatic heterocycles. The van der Waals surface area contributed by atoms with Crippen molar-refractivity contribution in [2.24, 2.45) is 11.3 Å². The van der Waals surface area contributed by atoms with E-state index in [0.717, 1.165) is 12.8 Å². The predicted octanol–water partition coefficient (Wildman–Crippen LogP) is 2.50. The summed E-state index contributed by atoms with van der Waals surface area (Å²) >= 11 is 0. The molecular weight excluding hydrogens is 148 g/mol. The molecule has 3 atom stereocenters. The van der Waals surface area contributed by atoms with Crippen molar-refractivity contribution in [1.29, 1.82) is 0 Å². The third-order valence-electron chi connectivity index (χ3n) is 3.83. The van der Waals surface area contributed by atoms with E-state index in [1.165, 1.54) is 24.8 Å². The third-order valence-corrected chi connectivity index (χ3v) is 3.83. The number of aliphatic hydroxyl groups is 1. The van der Waals surface area contributed by atoms with Crippen LogP contribution in [-0.2, 0) is 0 Å². The van der Waals surface area contributed by atoms with Crippen LogP contribution in [0.15, 0.2) is 12.2 Å². The van der Waals surface area contributed by atoms with Gasteiger partial charge in [0.05, 0.1) is 6.10 Å². The van der Waals surface area contributed by atoms with Gasteiger partial charge in [-0.3, -0.25) is 0 Å². The lowest BCUT2D eigenvalue weighted by Gasteiger charge is -2.38. The van der Waals surface area contributed by atoms with Crippen LogP contribution in [0.2, 0.25) is 0 Å². The van der Waals surface area contributed by atoms with E-state index in [1.54, 1.807) is 0 Å². The first kappa shape index (κ1) is 8.31. The first-order valence-electron chi connectivity index (χ1n) is 4.99. The van der Waals surface area contributed by atoms with Crippen molar-refractivity contribution in [3.63, 3.8) is 0 Å². The van der Waals surface area contributed by atoms with Crippen molar-refractivity contribution in [2.75, 3.05) is 0 Å². The van der Waals surface area contributed by atoms with Gasteiger partial charge in [-0.15, -0.1) is 0 Å². The Bertz CT molecular complexity index is 205. The largest absolute Gasteiger partial charge is 0.392 e. The highest BCUT2D eigenvalue weighted by molar-refractivity contribution is 5.15. The second kappa shape index (κ2) is 2.59. The first-order chi connectivity index (χ1) is 5.63. The molecule has 2 saturated carbocycles. The van der Waals surface area contributed by atoms with Crippen LogP contribution in [0.25, 0.3) is 0 Å². The molecule has 1 heteroatoms. The van der Waals surface area contributed by atoms with E-state index < -0.39 is 0 Å². The van der Waals surface area contributed by atoms with Crippen LogP contribution < -0.4 is 0 Å². The number of hydrogen-bond donors (Lipinski definition) is 1. The molecule has 0 aromatic rings. The van der Waals surface area contributed by atoms with E-state index in [9.17, 15) is 5.11 Å². The van der Waals surface area contributed by atoms with Gasteiger partial charge in [0.1, 0.15) is 0 Å². The van der Waals surface area contributed by atoms with Gasteiger partial charge < -0.3 is 5.11 Å². The SMILES string of the molecule is C=C1CCC[C@@]2(C)CC[C@@H](O)[C@@H]12. The molecule has 0 saturated heterocycles. The summed E-state index contributed by atoms with van der Waals surface area (Å²) < 4.78 is 0. The summed E-state index contributed by atoms with van der Waals surface area (Å²) in [5.74, 6) is 0.409. The molecule has 0 heterocycles. The van der Waals surface area contributed by atoms with E-state index in [-0.39, 0.29) is 6.10 Å². The summed E-state index contributed by atoms with van der Waals surface area (Å²) in [5, 5.41) is 9.80. The summed E-state index contributed by atoms with van der Waals surface area (Å²) in [6.07, 6.45) is 5.78. The Kier molecular flexibility index (Phi) is 1.80. The van der Waals surface area contributed by atoms with Gasteiger partial charge in [-0.25, -0.2) is 0 Å². The van der Waals surface area contributed by atoms with Crippen LogP contribution in [0.4, 0.5) is 0 Å². The van der Waals surface area contributed by atoms with E-state index in [1.807, 2.05) is 0 Å². The van der Waals surface area contributed by atoms with Crippen molar-refractivity contribution in [2.45, 2.75) is 45.1 Å². The average Bonchev–Trinajstić information content (AvgIpc) is 2.29. The highest BCUT2D eigenvalue weighted by atomic mass is 16.3. The minimum absolute atomic E-state index is 0.0946. The van der Waals surface area contributed by atoms with Crippen LogP contribution in [0, 0.1) is 11.3 Å². The minimum atomic E-state index is -0.0946. The standard InChI is InChI=1S/C11H18O/c1-8-4-3-6-11(2)7-5-9(12)10(8)11/h9-10,12H,1,3-7H2,2H3/t9-,10-,11+/m1/s1. The summed E-state index contributed by atoms with van der Waals surface area (Å²) in [6.45, 7) is 6.41. The number of hydrogen-bond acceptors (Lipinski definition) is 1. The van der Waals surface area contributed by atoms with Crippen molar-refractivity contribution < 1.29 is 5.11 Å².